The maximum atomic E-state index is 3.61. The Hall–Kier alpha value is -0.120. The van der Waals surface area contributed by atoms with Crippen LogP contribution in [0.25, 0.3) is 0 Å². The van der Waals surface area contributed by atoms with Gasteiger partial charge < -0.3 is 10.2 Å². The first kappa shape index (κ1) is 13.8. The summed E-state index contributed by atoms with van der Waals surface area (Å²) < 4.78 is 0. The molecule has 0 aliphatic carbocycles. The molecule has 3 heterocycles. The van der Waals surface area contributed by atoms with Crippen LogP contribution in [0.1, 0.15) is 39.5 Å². The molecule has 0 amide bonds. The number of rotatable bonds is 3. The van der Waals surface area contributed by atoms with Crippen LogP contribution in [0.3, 0.4) is 0 Å². The molecule has 3 nitrogen and oxygen atoms in total. The fraction of sp³-hybridized carbons (Fsp3) is 1.00. The van der Waals surface area contributed by atoms with Crippen molar-refractivity contribution in [3.63, 3.8) is 0 Å². The lowest BCUT2D eigenvalue weighted by molar-refractivity contribution is 0.109. The van der Waals surface area contributed by atoms with Crippen LogP contribution in [0.5, 0.6) is 0 Å². The van der Waals surface area contributed by atoms with Gasteiger partial charge in [0.25, 0.3) is 0 Å². The third-order valence-corrected chi connectivity index (χ3v) is 6.27. The van der Waals surface area contributed by atoms with E-state index in [9.17, 15) is 0 Å². The fourth-order valence-corrected chi connectivity index (χ4v) is 4.54. The lowest BCUT2D eigenvalue weighted by atomic mass is 9.76. The molecule has 1 N–H and O–H groups in total. The maximum absolute atomic E-state index is 3.61. The van der Waals surface area contributed by atoms with Crippen LogP contribution in [0.4, 0.5) is 0 Å². The van der Waals surface area contributed by atoms with Gasteiger partial charge in [0.05, 0.1) is 0 Å². The second kappa shape index (κ2) is 5.34. The minimum absolute atomic E-state index is 0.530. The van der Waals surface area contributed by atoms with Gasteiger partial charge >= 0.3 is 0 Å². The summed E-state index contributed by atoms with van der Waals surface area (Å²) in [5.41, 5.74) is 0.530. The normalized spacial score (nSPS) is 41.1. The molecule has 0 aromatic rings. The summed E-state index contributed by atoms with van der Waals surface area (Å²) >= 11 is 0. The van der Waals surface area contributed by atoms with Gasteiger partial charge in [-0.25, -0.2) is 0 Å². The number of nitrogens with one attached hydrogen (secondary N) is 1. The molecule has 3 aliphatic heterocycles. The predicted molar refractivity (Wildman–Crippen MR) is 80.4 cm³/mol. The van der Waals surface area contributed by atoms with Crippen LogP contribution in [0.2, 0.25) is 0 Å². The van der Waals surface area contributed by atoms with Crippen molar-refractivity contribution in [3.8, 4) is 0 Å². The Morgan fingerprint density at radius 2 is 2.00 bits per heavy atom. The minimum atomic E-state index is 0.530. The predicted octanol–water partition coefficient (Wildman–Crippen LogP) is 1.79. The molecule has 3 saturated heterocycles. The second-order valence-corrected chi connectivity index (χ2v) is 7.52. The van der Waals surface area contributed by atoms with Crippen LogP contribution in [0.15, 0.2) is 0 Å². The van der Waals surface area contributed by atoms with Gasteiger partial charge in [0.2, 0.25) is 0 Å². The van der Waals surface area contributed by atoms with Crippen LogP contribution < -0.4 is 5.32 Å². The summed E-state index contributed by atoms with van der Waals surface area (Å²) in [4.78, 5) is 5.45. The standard InChI is InChI=1S/C16H31N3/c1-13(2)16(7-8-17-11-16)12-19-9-6-14-4-5-15(10-19)18(14)3/h13-15,17H,4-12H2,1-3H3. The zero-order chi connectivity index (χ0) is 13.5. The molecule has 3 fully saturated rings. The second-order valence-electron chi connectivity index (χ2n) is 7.52. The molecular formula is C16H31N3. The summed E-state index contributed by atoms with van der Waals surface area (Å²) in [5, 5.41) is 3.61. The first-order valence-corrected chi connectivity index (χ1v) is 8.26. The Balaban J connectivity index is 1.66. The van der Waals surface area contributed by atoms with E-state index < -0.39 is 0 Å². The van der Waals surface area contributed by atoms with Crippen LogP contribution in [0, 0.1) is 11.3 Å². The third kappa shape index (κ3) is 2.57. The highest BCUT2D eigenvalue weighted by Crippen LogP contribution is 2.37. The average Bonchev–Trinajstić information content (AvgIpc) is 2.91. The Kier molecular flexibility index (Phi) is 3.89. The largest absolute Gasteiger partial charge is 0.316 e. The molecule has 0 aromatic heterocycles. The summed E-state index contributed by atoms with van der Waals surface area (Å²) in [7, 11) is 2.35. The van der Waals surface area contributed by atoms with Crippen molar-refractivity contribution < 1.29 is 0 Å². The van der Waals surface area contributed by atoms with Crippen molar-refractivity contribution in [1.29, 1.82) is 0 Å². The molecule has 3 aliphatic rings. The van der Waals surface area contributed by atoms with Crippen molar-refractivity contribution in [2.45, 2.75) is 51.6 Å². The van der Waals surface area contributed by atoms with Gasteiger partial charge in [0.1, 0.15) is 0 Å². The first-order chi connectivity index (χ1) is 9.11. The number of fused-ring (bicyclic) bond motifs is 2. The van der Waals surface area contributed by atoms with E-state index in [2.05, 4.69) is 36.0 Å². The van der Waals surface area contributed by atoms with E-state index >= 15 is 0 Å². The van der Waals surface area contributed by atoms with Crippen LogP contribution in [-0.4, -0.2) is 61.7 Å². The average molecular weight is 265 g/mol. The number of hydrogen-bond acceptors (Lipinski definition) is 3. The number of hydrogen-bond donors (Lipinski definition) is 1. The third-order valence-electron chi connectivity index (χ3n) is 6.27. The molecule has 0 aromatic carbocycles. The lowest BCUT2D eigenvalue weighted by Crippen LogP contribution is -2.45. The van der Waals surface area contributed by atoms with Gasteiger partial charge in [0.15, 0.2) is 0 Å². The van der Waals surface area contributed by atoms with Crippen molar-refractivity contribution in [2.75, 3.05) is 39.8 Å². The Labute approximate surface area is 118 Å². The van der Waals surface area contributed by atoms with Gasteiger partial charge in [-0.1, -0.05) is 13.8 Å². The fourth-order valence-electron chi connectivity index (χ4n) is 4.54. The summed E-state index contributed by atoms with van der Waals surface area (Å²) in [6.45, 7) is 11.2. The zero-order valence-electron chi connectivity index (χ0n) is 13.0. The van der Waals surface area contributed by atoms with Crippen molar-refractivity contribution >= 4 is 0 Å². The Morgan fingerprint density at radius 3 is 2.68 bits per heavy atom. The van der Waals surface area contributed by atoms with E-state index in [-0.39, 0.29) is 0 Å². The lowest BCUT2D eigenvalue weighted by Gasteiger charge is -2.39. The monoisotopic (exact) mass is 265 g/mol. The molecule has 0 radical (unpaired) electrons. The van der Waals surface area contributed by atoms with E-state index in [1.165, 1.54) is 58.4 Å². The number of nitrogens with zero attached hydrogens (tertiary/aromatic N) is 2. The van der Waals surface area contributed by atoms with Crippen molar-refractivity contribution in [3.05, 3.63) is 0 Å². The SMILES string of the molecule is CC(C)C1(CN2CCC3CCC(C2)N3C)CCNC1. The summed E-state index contributed by atoms with van der Waals surface area (Å²) in [6.07, 6.45) is 5.61. The van der Waals surface area contributed by atoms with E-state index in [0.29, 0.717) is 5.41 Å². The zero-order valence-corrected chi connectivity index (χ0v) is 13.0. The highest BCUT2D eigenvalue weighted by atomic mass is 15.3. The van der Waals surface area contributed by atoms with Gasteiger partial charge in [0, 0.05) is 31.7 Å². The van der Waals surface area contributed by atoms with Gasteiger partial charge in [-0.15, -0.1) is 0 Å². The van der Waals surface area contributed by atoms with Crippen molar-refractivity contribution in [1.82, 2.24) is 15.1 Å². The minimum Gasteiger partial charge on any atom is -0.316 e. The molecule has 3 atom stereocenters. The van der Waals surface area contributed by atoms with E-state index in [0.717, 1.165) is 18.0 Å². The molecule has 2 bridgehead atoms. The molecule has 0 spiro atoms. The smallest absolute Gasteiger partial charge is 0.0223 e. The molecule has 110 valence electrons. The van der Waals surface area contributed by atoms with Gasteiger partial charge in [-0.05, 0) is 57.2 Å². The van der Waals surface area contributed by atoms with Crippen LogP contribution >= 0.6 is 0 Å². The van der Waals surface area contributed by atoms with Crippen molar-refractivity contribution in [2.24, 2.45) is 11.3 Å². The van der Waals surface area contributed by atoms with Gasteiger partial charge in [-0.3, -0.25) is 4.90 Å². The van der Waals surface area contributed by atoms with E-state index in [4.69, 9.17) is 0 Å². The molecule has 3 rings (SSSR count). The summed E-state index contributed by atoms with van der Waals surface area (Å²) in [5.74, 6) is 0.792. The molecule has 3 unspecified atom stereocenters. The highest BCUT2D eigenvalue weighted by molar-refractivity contribution is 4.96. The molecule has 3 heteroatoms. The Bertz CT molecular complexity index is 309. The summed E-state index contributed by atoms with van der Waals surface area (Å²) in [6, 6.07) is 1.69. The maximum Gasteiger partial charge on any atom is 0.0223 e. The van der Waals surface area contributed by atoms with Gasteiger partial charge in [-0.2, -0.15) is 0 Å². The molecule has 19 heavy (non-hydrogen) atoms. The number of likely N-dealkylation sites (N-methyl/N-ethyl adjacent to an activating group) is 1. The topological polar surface area (TPSA) is 18.5 Å². The Morgan fingerprint density at radius 1 is 1.21 bits per heavy atom. The van der Waals surface area contributed by atoms with E-state index in [1.54, 1.807) is 0 Å². The molecule has 0 saturated carbocycles. The quantitative estimate of drug-likeness (QED) is 0.839. The van der Waals surface area contributed by atoms with E-state index in [1.807, 2.05) is 0 Å². The number of likely N-dealkylation sites (tertiary alicyclic amines) is 1. The highest BCUT2D eigenvalue weighted by Gasteiger charge is 2.41. The first-order valence-electron chi connectivity index (χ1n) is 8.26. The van der Waals surface area contributed by atoms with Crippen LogP contribution in [-0.2, 0) is 0 Å². The molecular weight excluding hydrogens is 234 g/mol.